The van der Waals surface area contributed by atoms with Gasteiger partial charge in [-0.15, -0.1) is 0 Å². The Morgan fingerprint density at radius 1 is 1.46 bits per heavy atom. The van der Waals surface area contributed by atoms with Crippen molar-refractivity contribution in [3.05, 3.63) is 0 Å². The van der Waals surface area contributed by atoms with E-state index in [0.717, 1.165) is 0 Å². The van der Waals surface area contributed by atoms with Gasteiger partial charge in [0.05, 0.1) is 0 Å². The molecule has 0 amide bonds. The highest BCUT2D eigenvalue weighted by Gasteiger charge is 2.36. The highest BCUT2D eigenvalue weighted by Crippen LogP contribution is 2.19. The molecule has 0 spiro atoms. The molecular formula is C9H16O3S. The van der Waals surface area contributed by atoms with Crippen LogP contribution in [-0.2, 0) is 9.59 Å². The highest BCUT2D eigenvalue weighted by atomic mass is 32.1. The molecule has 0 bridgehead atoms. The molecule has 0 aromatic rings. The molecular weight excluding hydrogens is 188 g/mol. The predicted octanol–water partition coefficient (Wildman–Crippen LogP) is 1.76. The zero-order chi connectivity index (χ0) is 10.6. The third-order valence-corrected chi connectivity index (χ3v) is 2.35. The molecule has 0 rings (SSSR count). The summed E-state index contributed by atoms with van der Waals surface area (Å²) < 4.78 is -1.53. The lowest BCUT2D eigenvalue weighted by Gasteiger charge is -2.16. The Balaban J connectivity index is 4.18. The van der Waals surface area contributed by atoms with Crippen LogP contribution in [0.25, 0.3) is 0 Å². The zero-order valence-corrected chi connectivity index (χ0v) is 9.10. The van der Waals surface area contributed by atoms with Gasteiger partial charge in [-0.3, -0.25) is 9.59 Å². The maximum absolute atomic E-state index is 11.4. The molecule has 0 fully saturated rings. The smallest absolute Gasteiger partial charge is 0.326 e. The summed E-state index contributed by atoms with van der Waals surface area (Å²) in [7, 11) is 0. The Morgan fingerprint density at radius 2 is 1.92 bits per heavy atom. The van der Waals surface area contributed by atoms with Gasteiger partial charge in [0.1, 0.15) is 0 Å². The fraction of sp³-hybridized carbons (Fsp3) is 0.778. The average Bonchev–Trinajstić information content (AvgIpc) is 1.99. The lowest BCUT2D eigenvalue weighted by Crippen LogP contribution is -2.38. The maximum atomic E-state index is 11.4. The van der Waals surface area contributed by atoms with E-state index in [2.05, 4.69) is 12.6 Å². The van der Waals surface area contributed by atoms with E-state index in [4.69, 9.17) is 5.11 Å². The summed E-state index contributed by atoms with van der Waals surface area (Å²) in [6.45, 7) is 5.30. The van der Waals surface area contributed by atoms with E-state index in [1.807, 2.05) is 13.8 Å². The van der Waals surface area contributed by atoms with Crippen LogP contribution < -0.4 is 0 Å². The van der Waals surface area contributed by atoms with Gasteiger partial charge in [-0.2, -0.15) is 12.6 Å². The number of carboxylic acid groups (broad SMARTS) is 1. The van der Waals surface area contributed by atoms with Gasteiger partial charge in [-0.1, -0.05) is 13.8 Å². The van der Waals surface area contributed by atoms with Crippen molar-refractivity contribution in [3.8, 4) is 0 Å². The first kappa shape index (κ1) is 12.5. The highest BCUT2D eigenvalue weighted by molar-refractivity contribution is 7.83. The topological polar surface area (TPSA) is 54.4 Å². The predicted molar refractivity (Wildman–Crippen MR) is 54.1 cm³/mol. The van der Waals surface area contributed by atoms with Crippen molar-refractivity contribution >= 4 is 24.4 Å². The molecule has 1 unspecified atom stereocenters. The van der Waals surface area contributed by atoms with Crippen molar-refractivity contribution in [1.82, 2.24) is 0 Å². The summed E-state index contributed by atoms with van der Waals surface area (Å²) in [6.07, 6.45) is 0.992. The number of ketones is 1. The van der Waals surface area contributed by atoms with Gasteiger partial charge in [0.2, 0.25) is 0 Å². The minimum Gasteiger partial charge on any atom is -0.480 e. The number of carbonyl (C=O) groups is 2. The van der Waals surface area contributed by atoms with Gasteiger partial charge >= 0.3 is 5.97 Å². The van der Waals surface area contributed by atoms with E-state index < -0.39 is 10.7 Å². The molecule has 0 aromatic heterocycles. The Kier molecular flexibility index (Phi) is 4.47. The second-order valence-corrected chi connectivity index (χ2v) is 4.63. The van der Waals surface area contributed by atoms with E-state index in [1.165, 1.54) is 6.92 Å². The van der Waals surface area contributed by atoms with Crippen molar-refractivity contribution in [2.75, 3.05) is 0 Å². The van der Waals surface area contributed by atoms with Gasteiger partial charge in [0.25, 0.3) is 0 Å². The van der Waals surface area contributed by atoms with Crippen LogP contribution in [0.1, 0.15) is 33.6 Å². The number of thiol groups is 1. The summed E-state index contributed by atoms with van der Waals surface area (Å²) in [4.78, 5) is 22.0. The second-order valence-electron chi connectivity index (χ2n) is 3.73. The number of aliphatic carboxylic acids is 1. The van der Waals surface area contributed by atoms with Crippen LogP contribution >= 0.6 is 12.6 Å². The molecule has 0 heterocycles. The second kappa shape index (κ2) is 4.65. The number of rotatable bonds is 5. The first-order chi connectivity index (χ1) is 5.78. The minimum absolute atomic E-state index is 0.282. The monoisotopic (exact) mass is 204 g/mol. The van der Waals surface area contributed by atoms with E-state index in [1.54, 1.807) is 0 Å². The van der Waals surface area contributed by atoms with E-state index in [0.29, 0.717) is 12.3 Å². The molecule has 1 N–H and O–H groups in total. The lowest BCUT2D eigenvalue weighted by molar-refractivity contribution is -0.143. The van der Waals surface area contributed by atoms with Crippen LogP contribution in [0.4, 0.5) is 0 Å². The molecule has 0 radical (unpaired) electrons. The third-order valence-electron chi connectivity index (χ3n) is 1.91. The molecule has 4 heteroatoms. The zero-order valence-electron chi connectivity index (χ0n) is 8.20. The van der Waals surface area contributed by atoms with Crippen molar-refractivity contribution in [3.63, 3.8) is 0 Å². The fourth-order valence-electron chi connectivity index (χ4n) is 0.782. The van der Waals surface area contributed by atoms with Crippen LogP contribution in [-0.4, -0.2) is 21.6 Å². The van der Waals surface area contributed by atoms with Crippen molar-refractivity contribution in [2.24, 2.45) is 5.92 Å². The van der Waals surface area contributed by atoms with Crippen molar-refractivity contribution in [2.45, 2.75) is 38.4 Å². The van der Waals surface area contributed by atoms with E-state index in [9.17, 15) is 9.59 Å². The number of hydrogen-bond donors (Lipinski definition) is 2. The molecule has 0 aliphatic rings. The summed E-state index contributed by atoms with van der Waals surface area (Å²) >= 11 is 3.83. The Labute approximate surface area is 83.9 Å². The molecule has 1 atom stereocenters. The van der Waals surface area contributed by atoms with Crippen LogP contribution in [0.2, 0.25) is 0 Å². The molecule has 3 nitrogen and oxygen atoms in total. The molecule has 13 heavy (non-hydrogen) atoms. The van der Waals surface area contributed by atoms with Crippen LogP contribution in [0.5, 0.6) is 0 Å². The number of Topliss-reactive ketones (excluding diaryl/α,β-unsaturated/α-hetero) is 1. The molecule has 0 saturated carbocycles. The standard InChI is InChI=1S/C9H16O3S/c1-6(2)4-5-7(10)9(3,13)8(11)12/h6,13H,4-5H2,1-3H3,(H,11,12). The Hall–Kier alpha value is -0.510. The molecule has 0 aromatic carbocycles. The minimum atomic E-state index is -1.53. The number of carboxylic acids is 1. The molecule has 0 saturated heterocycles. The van der Waals surface area contributed by atoms with Crippen LogP contribution in [0.15, 0.2) is 0 Å². The first-order valence-electron chi connectivity index (χ1n) is 4.27. The quantitative estimate of drug-likeness (QED) is 0.530. The summed E-state index contributed by atoms with van der Waals surface area (Å²) in [5.41, 5.74) is 0. The Morgan fingerprint density at radius 3 is 2.23 bits per heavy atom. The van der Waals surface area contributed by atoms with E-state index in [-0.39, 0.29) is 12.2 Å². The maximum Gasteiger partial charge on any atom is 0.326 e. The lowest BCUT2D eigenvalue weighted by atomic mass is 9.97. The van der Waals surface area contributed by atoms with Gasteiger partial charge in [-0.05, 0) is 19.3 Å². The number of carbonyl (C=O) groups excluding carboxylic acids is 1. The third kappa shape index (κ3) is 3.81. The molecule has 0 aliphatic carbocycles. The average molecular weight is 204 g/mol. The van der Waals surface area contributed by atoms with Gasteiger partial charge in [0.15, 0.2) is 10.5 Å². The molecule has 76 valence electrons. The van der Waals surface area contributed by atoms with Gasteiger partial charge in [0, 0.05) is 6.42 Å². The van der Waals surface area contributed by atoms with Crippen LogP contribution in [0.3, 0.4) is 0 Å². The van der Waals surface area contributed by atoms with Crippen molar-refractivity contribution < 1.29 is 14.7 Å². The van der Waals surface area contributed by atoms with Gasteiger partial charge < -0.3 is 5.11 Å². The number of hydrogen-bond acceptors (Lipinski definition) is 3. The summed E-state index contributed by atoms with van der Waals surface area (Å²) in [6, 6.07) is 0. The van der Waals surface area contributed by atoms with Crippen LogP contribution in [0, 0.1) is 5.92 Å². The first-order valence-corrected chi connectivity index (χ1v) is 4.72. The Bertz CT molecular complexity index is 209. The van der Waals surface area contributed by atoms with Crippen molar-refractivity contribution in [1.29, 1.82) is 0 Å². The SMILES string of the molecule is CC(C)CCC(=O)C(C)(S)C(=O)O. The summed E-state index contributed by atoms with van der Waals surface area (Å²) in [5.74, 6) is -1.09. The fourth-order valence-corrected chi connectivity index (χ4v) is 0.894. The molecule has 0 aliphatic heterocycles. The van der Waals surface area contributed by atoms with E-state index >= 15 is 0 Å². The largest absolute Gasteiger partial charge is 0.480 e. The normalized spacial score (nSPS) is 15.5. The summed E-state index contributed by atoms with van der Waals surface area (Å²) in [5, 5.41) is 8.68. The van der Waals surface area contributed by atoms with Gasteiger partial charge in [-0.25, -0.2) is 0 Å².